The molecule has 1 aromatic heterocycles. The number of nitriles is 1. The fourth-order valence-corrected chi connectivity index (χ4v) is 1.08. The second kappa shape index (κ2) is 5.02. The monoisotopic (exact) mass is 192 g/mol. The largest absolute Gasteiger partial charge is 0.335 e. The summed E-state index contributed by atoms with van der Waals surface area (Å²) >= 11 is 0. The third kappa shape index (κ3) is 2.59. The molecule has 0 aromatic carbocycles. The zero-order chi connectivity index (χ0) is 10.4. The first-order chi connectivity index (χ1) is 6.77. The molecule has 0 aliphatic rings. The van der Waals surface area contributed by atoms with E-state index in [2.05, 4.69) is 15.5 Å². The summed E-state index contributed by atoms with van der Waals surface area (Å²) in [5.74, 6) is -0.289. The van der Waals surface area contributed by atoms with Crippen molar-refractivity contribution in [3.63, 3.8) is 0 Å². The van der Waals surface area contributed by atoms with Crippen molar-refractivity contribution in [3.8, 4) is 6.07 Å². The average molecular weight is 192 g/mol. The number of nitrogens with zero attached hydrogens (tertiary/aromatic N) is 2. The Labute approximate surface area is 82.1 Å². The van der Waals surface area contributed by atoms with E-state index in [-0.39, 0.29) is 5.91 Å². The Hall–Kier alpha value is -1.83. The van der Waals surface area contributed by atoms with Gasteiger partial charge in [0.1, 0.15) is 11.7 Å². The summed E-state index contributed by atoms with van der Waals surface area (Å²) < 4.78 is 0. The molecule has 0 aliphatic heterocycles. The van der Waals surface area contributed by atoms with E-state index in [1.54, 1.807) is 6.07 Å². The van der Waals surface area contributed by atoms with Crippen LogP contribution in [-0.4, -0.2) is 22.1 Å². The zero-order valence-corrected chi connectivity index (χ0v) is 7.95. The summed E-state index contributed by atoms with van der Waals surface area (Å²) in [5.41, 5.74) is 0.376. The highest BCUT2D eigenvalue weighted by molar-refractivity contribution is 5.92. The first-order valence-corrected chi connectivity index (χ1v) is 4.47. The minimum absolute atomic E-state index is 0.289. The fourth-order valence-electron chi connectivity index (χ4n) is 1.08. The minimum atomic E-state index is -0.421. The van der Waals surface area contributed by atoms with E-state index in [0.29, 0.717) is 12.1 Å². The molecule has 14 heavy (non-hydrogen) atoms. The number of amides is 1. The van der Waals surface area contributed by atoms with Crippen LogP contribution in [0.25, 0.3) is 0 Å². The standard InChI is InChI=1S/C9H12N4O/c1-2-3-7(6-10)12-9(14)8-4-5-11-13-8/h4-5,7H,2-3H2,1H3,(H,11,13)(H,12,14). The summed E-state index contributed by atoms with van der Waals surface area (Å²) in [4.78, 5) is 11.4. The molecule has 1 unspecified atom stereocenters. The van der Waals surface area contributed by atoms with Crippen LogP contribution in [0.5, 0.6) is 0 Å². The van der Waals surface area contributed by atoms with E-state index >= 15 is 0 Å². The van der Waals surface area contributed by atoms with Gasteiger partial charge in [-0.25, -0.2) is 0 Å². The molecule has 1 aromatic rings. The molecule has 2 N–H and O–H groups in total. The topological polar surface area (TPSA) is 81.6 Å². The van der Waals surface area contributed by atoms with Crippen molar-refractivity contribution < 1.29 is 4.79 Å². The Morgan fingerprint density at radius 1 is 1.86 bits per heavy atom. The van der Waals surface area contributed by atoms with Gasteiger partial charge in [0.25, 0.3) is 5.91 Å². The van der Waals surface area contributed by atoms with Gasteiger partial charge in [0.15, 0.2) is 0 Å². The van der Waals surface area contributed by atoms with Gasteiger partial charge < -0.3 is 5.32 Å². The van der Waals surface area contributed by atoms with Crippen molar-refractivity contribution in [3.05, 3.63) is 18.0 Å². The summed E-state index contributed by atoms with van der Waals surface area (Å²) in [6, 6.07) is 3.17. The van der Waals surface area contributed by atoms with Crippen LogP contribution < -0.4 is 5.32 Å². The molecule has 0 spiro atoms. The maximum absolute atomic E-state index is 11.4. The number of hydrogen-bond acceptors (Lipinski definition) is 3. The van der Waals surface area contributed by atoms with Gasteiger partial charge in [-0.1, -0.05) is 13.3 Å². The van der Waals surface area contributed by atoms with Gasteiger partial charge >= 0.3 is 0 Å². The maximum Gasteiger partial charge on any atom is 0.270 e. The van der Waals surface area contributed by atoms with Crippen LogP contribution in [0, 0.1) is 11.3 Å². The quantitative estimate of drug-likeness (QED) is 0.741. The van der Waals surface area contributed by atoms with Crippen LogP contribution in [0.4, 0.5) is 0 Å². The van der Waals surface area contributed by atoms with Crippen LogP contribution in [0.1, 0.15) is 30.3 Å². The molecule has 1 heterocycles. The van der Waals surface area contributed by atoms with E-state index < -0.39 is 6.04 Å². The number of nitrogens with one attached hydrogen (secondary N) is 2. The first kappa shape index (κ1) is 10.3. The van der Waals surface area contributed by atoms with Crippen molar-refractivity contribution in [2.75, 3.05) is 0 Å². The van der Waals surface area contributed by atoms with E-state index in [1.807, 2.05) is 13.0 Å². The summed E-state index contributed by atoms with van der Waals surface area (Å²) in [5, 5.41) is 17.5. The van der Waals surface area contributed by atoms with E-state index in [1.165, 1.54) is 6.20 Å². The SMILES string of the molecule is CCCC(C#N)NC(=O)c1ccn[nH]1. The number of aromatic amines is 1. The van der Waals surface area contributed by atoms with Crippen LogP contribution >= 0.6 is 0 Å². The lowest BCUT2D eigenvalue weighted by atomic mass is 10.2. The molecule has 1 atom stereocenters. The predicted octanol–water partition coefficient (Wildman–Crippen LogP) is 0.832. The third-order valence-corrected chi connectivity index (χ3v) is 1.78. The predicted molar refractivity (Wildman–Crippen MR) is 50.4 cm³/mol. The molecule has 0 fully saturated rings. The summed E-state index contributed by atoms with van der Waals surface area (Å²) in [6.45, 7) is 1.96. The molecule has 0 saturated heterocycles. The minimum Gasteiger partial charge on any atom is -0.335 e. The summed E-state index contributed by atoms with van der Waals surface area (Å²) in [6.07, 6.45) is 3.02. The molecule has 5 heteroatoms. The zero-order valence-electron chi connectivity index (χ0n) is 7.95. The number of aromatic nitrogens is 2. The molecule has 1 rings (SSSR count). The molecular formula is C9H12N4O. The van der Waals surface area contributed by atoms with Gasteiger partial charge in [-0.2, -0.15) is 10.4 Å². The molecule has 74 valence electrons. The molecule has 0 bridgehead atoms. The number of H-pyrrole nitrogens is 1. The lowest BCUT2D eigenvalue weighted by Crippen LogP contribution is -2.33. The number of carbonyl (C=O) groups excluding carboxylic acids is 1. The number of carbonyl (C=O) groups is 1. The van der Waals surface area contributed by atoms with E-state index in [4.69, 9.17) is 5.26 Å². The van der Waals surface area contributed by atoms with Crippen LogP contribution in [0.3, 0.4) is 0 Å². The molecular weight excluding hydrogens is 180 g/mol. The maximum atomic E-state index is 11.4. The van der Waals surface area contributed by atoms with Gasteiger partial charge in [-0.05, 0) is 12.5 Å². The Morgan fingerprint density at radius 3 is 3.14 bits per heavy atom. The first-order valence-electron chi connectivity index (χ1n) is 4.47. The van der Waals surface area contributed by atoms with E-state index in [0.717, 1.165) is 6.42 Å². The number of hydrogen-bond donors (Lipinski definition) is 2. The van der Waals surface area contributed by atoms with Gasteiger partial charge in [0.05, 0.1) is 6.07 Å². The van der Waals surface area contributed by atoms with Crippen molar-refractivity contribution in [2.45, 2.75) is 25.8 Å². The van der Waals surface area contributed by atoms with Crippen LogP contribution in [-0.2, 0) is 0 Å². The lowest BCUT2D eigenvalue weighted by molar-refractivity contribution is 0.0939. The Morgan fingerprint density at radius 2 is 2.64 bits per heavy atom. The van der Waals surface area contributed by atoms with Gasteiger partial charge in [-0.3, -0.25) is 9.89 Å². The van der Waals surface area contributed by atoms with Gasteiger partial charge in [-0.15, -0.1) is 0 Å². The van der Waals surface area contributed by atoms with Gasteiger partial charge in [0.2, 0.25) is 0 Å². The highest BCUT2D eigenvalue weighted by Gasteiger charge is 2.12. The molecule has 0 saturated carbocycles. The molecule has 0 aliphatic carbocycles. The number of rotatable bonds is 4. The third-order valence-electron chi connectivity index (χ3n) is 1.78. The average Bonchev–Trinajstić information content (AvgIpc) is 2.69. The highest BCUT2D eigenvalue weighted by Crippen LogP contribution is 1.97. The molecule has 0 radical (unpaired) electrons. The van der Waals surface area contributed by atoms with Gasteiger partial charge in [0, 0.05) is 6.20 Å². The normalized spacial score (nSPS) is 11.7. The van der Waals surface area contributed by atoms with Crippen molar-refractivity contribution >= 4 is 5.91 Å². The molecule has 1 amide bonds. The van der Waals surface area contributed by atoms with Crippen molar-refractivity contribution in [1.82, 2.24) is 15.5 Å². The Balaban J connectivity index is 2.52. The van der Waals surface area contributed by atoms with Crippen LogP contribution in [0.15, 0.2) is 12.3 Å². The Kier molecular flexibility index (Phi) is 3.68. The Bertz CT molecular complexity index is 325. The smallest absolute Gasteiger partial charge is 0.270 e. The summed E-state index contributed by atoms with van der Waals surface area (Å²) in [7, 11) is 0. The van der Waals surface area contributed by atoms with Crippen LogP contribution in [0.2, 0.25) is 0 Å². The molecule has 5 nitrogen and oxygen atoms in total. The van der Waals surface area contributed by atoms with E-state index in [9.17, 15) is 4.79 Å². The fraction of sp³-hybridized carbons (Fsp3) is 0.444. The highest BCUT2D eigenvalue weighted by atomic mass is 16.2. The second-order valence-electron chi connectivity index (χ2n) is 2.91. The van der Waals surface area contributed by atoms with Crippen molar-refractivity contribution in [1.29, 1.82) is 5.26 Å². The van der Waals surface area contributed by atoms with Crippen molar-refractivity contribution in [2.24, 2.45) is 0 Å². The second-order valence-corrected chi connectivity index (χ2v) is 2.91. The lowest BCUT2D eigenvalue weighted by Gasteiger charge is -2.08.